The Morgan fingerprint density at radius 2 is 1.09 bits per heavy atom. The number of nitrogens with zero attached hydrogens (tertiary/aromatic N) is 6. The third kappa shape index (κ3) is 6.64. The number of allylic oxidation sites excluding steroid dienone is 9. The number of carbonyl (C=O) groups is 4. The Labute approximate surface area is 329 Å². The molecule has 0 atom stereocenters. The number of H-pyrrole nitrogens is 1. The van der Waals surface area contributed by atoms with Crippen molar-refractivity contribution in [3.63, 3.8) is 0 Å². The molecule has 282 valence electrons. The van der Waals surface area contributed by atoms with E-state index in [4.69, 9.17) is 15.0 Å². The fourth-order valence-corrected chi connectivity index (χ4v) is 7.83. The molecular formula is C45H38N8O4. The average molecular weight is 755 g/mol. The Balaban J connectivity index is 1.19. The van der Waals surface area contributed by atoms with Gasteiger partial charge in [-0.2, -0.15) is 0 Å². The highest BCUT2D eigenvalue weighted by Crippen LogP contribution is 2.37. The number of imide groups is 2. The molecule has 7 aliphatic heterocycles. The molecule has 8 bridgehead atoms. The zero-order chi connectivity index (χ0) is 39.2. The molecule has 2 N–H and O–H groups in total. The highest BCUT2D eigenvalue weighted by atomic mass is 16.2. The van der Waals surface area contributed by atoms with Crippen molar-refractivity contribution in [3.05, 3.63) is 166 Å². The third-order valence-electron chi connectivity index (χ3n) is 10.8. The molecule has 1 aromatic heterocycles. The summed E-state index contributed by atoms with van der Waals surface area (Å²) in [6.07, 6.45) is 23.2. The maximum absolute atomic E-state index is 12.4. The number of carbonyl (C=O) groups excluding carboxylic acids is 4. The molecule has 57 heavy (non-hydrogen) atoms. The second-order valence-electron chi connectivity index (χ2n) is 14.5. The lowest BCUT2D eigenvalue weighted by Crippen LogP contribution is -2.31. The normalized spacial score (nSPS) is 20.9. The van der Waals surface area contributed by atoms with Crippen LogP contribution < -0.4 is 5.32 Å². The van der Waals surface area contributed by atoms with Crippen LogP contribution in [0.4, 0.5) is 0 Å². The lowest BCUT2D eigenvalue weighted by Gasteiger charge is -2.17. The minimum Gasteiger partial charge on any atom is -0.355 e. The van der Waals surface area contributed by atoms with E-state index in [0.29, 0.717) is 31.4 Å². The van der Waals surface area contributed by atoms with E-state index in [1.54, 1.807) is 0 Å². The zero-order valence-corrected chi connectivity index (χ0v) is 31.5. The first kappa shape index (κ1) is 35.5. The minimum atomic E-state index is -0.304. The van der Waals surface area contributed by atoms with Crippen LogP contribution in [0, 0.1) is 6.92 Å². The zero-order valence-electron chi connectivity index (χ0n) is 31.5. The number of aryl methyl sites for hydroxylation is 1. The van der Waals surface area contributed by atoms with Crippen LogP contribution in [0.25, 0.3) is 11.1 Å². The van der Waals surface area contributed by atoms with Crippen molar-refractivity contribution >= 4 is 51.9 Å². The Morgan fingerprint density at radius 3 is 1.68 bits per heavy atom. The quantitative estimate of drug-likeness (QED) is 0.314. The minimum absolute atomic E-state index is 0.275. The smallest absolute Gasteiger partial charge is 0.253 e. The van der Waals surface area contributed by atoms with Gasteiger partial charge in [0.15, 0.2) is 0 Å². The molecule has 0 saturated carbocycles. The number of hydrogen-bond donors (Lipinski definition) is 2. The summed E-state index contributed by atoms with van der Waals surface area (Å²) in [5.74, 6) is -0.387. The topological polar surface area (TPSA) is 143 Å². The van der Waals surface area contributed by atoms with Gasteiger partial charge in [-0.1, -0.05) is 29.8 Å². The van der Waals surface area contributed by atoms with Crippen LogP contribution in [-0.4, -0.2) is 80.6 Å². The van der Waals surface area contributed by atoms with Crippen molar-refractivity contribution < 1.29 is 19.2 Å². The predicted molar refractivity (Wildman–Crippen MR) is 219 cm³/mol. The van der Waals surface area contributed by atoms with Gasteiger partial charge in [0.25, 0.3) is 23.6 Å². The van der Waals surface area contributed by atoms with Crippen LogP contribution in [0.3, 0.4) is 0 Å². The SMILES string of the molecule is Cc1ccc(C2=C3C=CC(=N3)C(CCCN3C(=O)C=CC3=O)=C3C=CC(=N3)/C(=C3\NC=CN3C)C3=NC(=C(CCCN4C(=O)C=CC4=O)c4ccc2[nH]4)C=C3)cc1. The Hall–Kier alpha value is -7.21. The molecule has 12 heteroatoms. The highest BCUT2D eigenvalue weighted by Gasteiger charge is 2.29. The van der Waals surface area contributed by atoms with Crippen molar-refractivity contribution in [2.24, 2.45) is 15.0 Å². The van der Waals surface area contributed by atoms with E-state index in [2.05, 4.69) is 53.6 Å². The van der Waals surface area contributed by atoms with Gasteiger partial charge in [0.05, 0.1) is 39.8 Å². The Morgan fingerprint density at radius 1 is 0.561 bits per heavy atom. The van der Waals surface area contributed by atoms with Crippen molar-refractivity contribution in [1.82, 2.24) is 25.0 Å². The number of fused-ring (bicyclic) bond motifs is 5. The summed E-state index contributed by atoms with van der Waals surface area (Å²) in [4.78, 5) is 73.6. The van der Waals surface area contributed by atoms with E-state index in [0.717, 1.165) is 79.1 Å². The fourth-order valence-electron chi connectivity index (χ4n) is 7.83. The highest BCUT2D eigenvalue weighted by molar-refractivity contribution is 6.34. The molecule has 0 unspecified atom stereocenters. The second-order valence-corrected chi connectivity index (χ2v) is 14.5. The predicted octanol–water partition coefficient (Wildman–Crippen LogP) is 5.72. The largest absolute Gasteiger partial charge is 0.355 e. The second kappa shape index (κ2) is 14.5. The van der Waals surface area contributed by atoms with Gasteiger partial charge in [-0.15, -0.1) is 0 Å². The maximum atomic E-state index is 12.4. The number of hydrogen-bond acceptors (Lipinski definition) is 9. The van der Waals surface area contributed by atoms with E-state index in [-0.39, 0.29) is 36.7 Å². The maximum Gasteiger partial charge on any atom is 0.253 e. The number of rotatable bonds is 9. The Kier molecular flexibility index (Phi) is 9.00. The van der Waals surface area contributed by atoms with Gasteiger partial charge >= 0.3 is 0 Å². The molecule has 0 fully saturated rings. The number of aromatic nitrogens is 1. The standard InChI is InChI=1S/C45H38N8O4/c1-27-7-9-28(10-8-27)43-35-15-11-31(47-35)29(5-3-24-52-39(54)19-20-40(52)55)33-13-17-37(49-33)44(45-46-23-26-51(45)2)38-18-14-34(50-38)30(32-12-16-36(43)48-32)6-4-25-53-41(56)21-22-42(53)57/h7-23,26,46-47H,3-6,24-25H2,1-2H3/b33-29?,34-30?,43-36?,45-44+. The summed E-state index contributed by atoms with van der Waals surface area (Å²) >= 11 is 0. The van der Waals surface area contributed by atoms with Gasteiger partial charge in [0, 0.05) is 84.9 Å². The molecule has 0 radical (unpaired) electrons. The van der Waals surface area contributed by atoms with Gasteiger partial charge < -0.3 is 15.2 Å². The van der Waals surface area contributed by atoms with E-state index in [1.807, 2.05) is 60.8 Å². The van der Waals surface area contributed by atoms with Crippen molar-refractivity contribution in [3.8, 4) is 0 Å². The van der Waals surface area contributed by atoms with Gasteiger partial charge in [-0.3, -0.25) is 29.0 Å². The lowest BCUT2D eigenvalue weighted by atomic mass is 9.99. The molecule has 0 spiro atoms. The molecule has 8 heterocycles. The van der Waals surface area contributed by atoms with Gasteiger partial charge in [-0.25, -0.2) is 15.0 Å². The van der Waals surface area contributed by atoms with E-state index in [9.17, 15) is 19.2 Å². The molecule has 0 saturated heterocycles. The first-order chi connectivity index (χ1) is 27.7. The van der Waals surface area contributed by atoms with Gasteiger partial charge in [0.1, 0.15) is 5.82 Å². The lowest BCUT2D eigenvalue weighted by molar-refractivity contribution is -0.138. The van der Waals surface area contributed by atoms with Crippen LogP contribution in [0.2, 0.25) is 0 Å². The summed E-state index contributed by atoms with van der Waals surface area (Å²) < 4.78 is 0. The molecule has 1 aromatic carbocycles. The number of aliphatic imine (C=N–C) groups is 3. The number of nitrogens with one attached hydrogen (secondary N) is 2. The summed E-state index contributed by atoms with van der Waals surface area (Å²) in [7, 11) is 1.96. The summed E-state index contributed by atoms with van der Waals surface area (Å²) in [6.45, 7) is 2.62. The van der Waals surface area contributed by atoms with Gasteiger partial charge in [-0.05, 0) is 86.8 Å². The first-order valence-electron chi connectivity index (χ1n) is 19.0. The van der Waals surface area contributed by atoms with E-state index >= 15 is 0 Å². The van der Waals surface area contributed by atoms with Gasteiger partial charge in [0.2, 0.25) is 0 Å². The monoisotopic (exact) mass is 754 g/mol. The van der Waals surface area contributed by atoms with Crippen molar-refractivity contribution in [2.45, 2.75) is 32.6 Å². The molecule has 12 nitrogen and oxygen atoms in total. The Bertz CT molecular complexity index is 2560. The van der Waals surface area contributed by atoms with Crippen LogP contribution in [0.15, 0.2) is 159 Å². The average Bonchev–Trinajstić information content (AvgIpc) is 4.07. The van der Waals surface area contributed by atoms with Crippen LogP contribution >= 0.6 is 0 Å². The summed E-state index contributed by atoms with van der Waals surface area (Å²) in [6, 6.07) is 12.5. The summed E-state index contributed by atoms with van der Waals surface area (Å²) in [5, 5.41) is 3.38. The van der Waals surface area contributed by atoms with E-state index in [1.165, 1.54) is 34.1 Å². The molecule has 4 amide bonds. The number of amides is 4. The molecule has 0 aliphatic carbocycles. The van der Waals surface area contributed by atoms with E-state index < -0.39 is 0 Å². The third-order valence-corrected chi connectivity index (χ3v) is 10.8. The summed E-state index contributed by atoms with van der Waals surface area (Å²) in [5.41, 5.74) is 11.9. The van der Waals surface area contributed by atoms with Crippen LogP contribution in [0.5, 0.6) is 0 Å². The molecular weight excluding hydrogens is 717 g/mol. The number of aromatic amines is 1. The fraction of sp³-hybridized carbons (Fsp3) is 0.178. The van der Waals surface area contributed by atoms with Crippen molar-refractivity contribution in [1.29, 1.82) is 0 Å². The first-order valence-corrected chi connectivity index (χ1v) is 19.0. The van der Waals surface area contributed by atoms with Crippen LogP contribution in [-0.2, 0) is 19.2 Å². The molecule has 2 aromatic rings. The molecule has 7 aliphatic rings. The van der Waals surface area contributed by atoms with Crippen LogP contribution in [0.1, 0.15) is 48.2 Å². The van der Waals surface area contributed by atoms with Crippen molar-refractivity contribution in [2.75, 3.05) is 20.1 Å². The number of benzene rings is 1. The molecule has 9 rings (SSSR count).